The van der Waals surface area contributed by atoms with Crippen LogP contribution in [-0.2, 0) is 0 Å². The summed E-state index contributed by atoms with van der Waals surface area (Å²) in [4.78, 5) is 10.9. The first kappa shape index (κ1) is 19.1. The summed E-state index contributed by atoms with van der Waals surface area (Å²) in [6.45, 7) is 3.52. The molecule has 146 valence electrons. The van der Waals surface area contributed by atoms with Crippen LogP contribution in [0.5, 0.6) is 0 Å². The molecule has 0 aliphatic carbocycles. The van der Waals surface area contributed by atoms with Crippen molar-refractivity contribution >= 4 is 38.3 Å². The van der Waals surface area contributed by atoms with Gasteiger partial charge in [0.2, 0.25) is 0 Å². The van der Waals surface area contributed by atoms with Gasteiger partial charge in [-0.05, 0) is 56.2 Å². The largest absolute Gasteiger partial charge is 0.393 e. The van der Waals surface area contributed by atoms with E-state index in [0.717, 1.165) is 52.6 Å². The van der Waals surface area contributed by atoms with E-state index in [9.17, 15) is 9.50 Å². The van der Waals surface area contributed by atoms with Crippen molar-refractivity contribution in [3.8, 4) is 0 Å². The molecule has 0 radical (unpaired) electrons. The molecule has 1 aromatic heterocycles. The average molecular weight is 445 g/mol. The number of piperidine rings is 1. The number of aliphatic hydroxyl groups excluding tert-OH is 1. The second kappa shape index (κ2) is 8.01. The first-order valence-corrected chi connectivity index (χ1v) is 10.2. The molecule has 0 spiro atoms. The number of benzene rings is 2. The van der Waals surface area contributed by atoms with Crippen molar-refractivity contribution in [3.63, 3.8) is 0 Å². The Bertz CT molecular complexity index is 991. The quantitative estimate of drug-likeness (QED) is 0.612. The Balaban J connectivity index is 1.66. The molecule has 0 saturated carbocycles. The van der Waals surface area contributed by atoms with Crippen molar-refractivity contribution in [1.82, 2.24) is 9.97 Å². The molecule has 0 bridgehead atoms. The van der Waals surface area contributed by atoms with Crippen LogP contribution in [0.1, 0.15) is 31.4 Å². The zero-order chi connectivity index (χ0) is 19.7. The Hall–Kier alpha value is -2.25. The van der Waals surface area contributed by atoms with Crippen molar-refractivity contribution < 1.29 is 9.50 Å². The standard InChI is InChI=1S/C21H22BrFN4O/c1-13(26-21-18-10-14(22)2-4-19(18)24-12-25-21)17-11-15(23)3-5-20(17)27-8-6-16(28)7-9-27/h2-5,10-13,16,28H,6-9H2,1H3,(H,24,25,26). The van der Waals surface area contributed by atoms with Crippen molar-refractivity contribution in [1.29, 1.82) is 0 Å². The van der Waals surface area contributed by atoms with E-state index in [4.69, 9.17) is 0 Å². The van der Waals surface area contributed by atoms with Gasteiger partial charge in [-0.25, -0.2) is 14.4 Å². The number of aromatic nitrogens is 2. The molecule has 3 aromatic rings. The van der Waals surface area contributed by atoms with Crippen LogP contribution in [0, 0.1) is 5.82 Å². The predicted octanol–water partition coefficient (Wildman–Crippen LogP) is 4.67. The van der Waals surface area contributed by atoms with Crippen LogP contribution in [0.3, 0.4) is 0 Å². The molecular formula is C21H22BrFN4O. The minimum absolute atomic E-state index is 0.158. The first-order valence-electron chi connectivity index (χ1n) is 9.40. The van der Waals surface area contributed by atoms with Gasteiger partial charge < -0.3 is 15.3 Å². The van der Waals surface area contributed by atoms with Crippen LogP contribution in [0.2, 0.25) is 0 Å². The predicted molar refractivity (Wildman–Crippen MR) is 113 cm³/mol. The third-order valence-electron chi connectivity index (χ3n) is 5.21. The lowest BCUT2D eigenvalue weighted by atomic mass is 10.0. The minimum atomic E-state index is -0.264. The summed E-state index contributed by atoms with van der Waals surface area (Å²) in [5.41, 5.74) is 2.71. The van der Waals surface area contributed by atoms with E-state index in [1.807, 2.05) is 31.2 Å². The van der Waals surface area contributed by atoms with Crippen LogP contribution in [-0.4, -0.2) is 34.3 Å². The van der Waals surface area contributed by atoms with E-state index in [1.54, 1.807) is 6.07 Å². The van der Waals surface area contributed by atoms with Gasteiger partial charge in [0.05, 0.1) is 17.7 Å². The highest BCUT2D eigenvalue weighted by molar-refractivity contribution is 9.10. The number of nitrogens with zero attached hydrogens (tertiary/aromatic N) is 3. The van der Waals surface area contributed by atoms with Crippen LogP contribution < -0.4 is 10.2 Å². The normalized spacial score (nSPS) is 16.4. The SMILES string of the molecule is CC(Nc1ncnc2ccc(Br)cc12)c1cc(F)ccc1N1CCC(O)CC1. The third kappa shape index (κ3) is 3.95. The highest BCUT2D eigenvalue weighted by Gasteiger charge is 2.22. The number of hydrogen-bond acceptors (Lipinski definition) is 5. The molecule has 1 unspecified atom stereocenters. The fourth-order valence-electron chi connectivity index (χ4n) is 3.69. The second-order valence-corrected chi connectivity index (χ2v) is 8.09. The van der Waals surface area contributed by atoms with Gasteiger partial charge in [0.1, 0.15) is 18.0 Å². The topological polar surface area (TPSA) is 61.3 Å². The maximum atomic E-state index is 14.1. The molecule has 1 fully saturated rings. The molecule has 1 saturated heterocycles. The number of halogens is 2. The van der Waals surface area contributed by atoms with Gasteiger partial charge in [-0.2, -0.15) is 0 Å². The van der Waals surface area contributed by atoms with Gasteiger partial charge in [-0.3, -0.25) is 0 Å². The van der Waals surface area contributed by atoms with Crippen molar-refractivity contribution in [2.75, 3.05) is 23.3 Å². The zero-order valence-electron chi connectivity index (χ0n) is 15.6. The van der Waals surface area contributed by atoms with Gasteiger partial charge in [-0.15, -0.1) is 0 Å². The smallest absolute Gasteiger partial charge is 0.137 e. The summed E-state index contributed by atoms with van der Waals surface area (Å²) in [5, 5.41) is 14.1. The number of fused-ring (bicyclic) bond motifs is 1. The highest BCUT2D eigenvalue weighted by atomic mass is 79.9. The zero-order valence-corrected chi connectivity index (χ0v) is 17.2. The molecule has 28 heavy (non-hydrogen) atoms. The van der Waals surface area contributed by atoms with Crippen LogP contribution in [0.4, 0.5) is 15.9 Å². The Labute approximate surface area is 171 Å². The van der Waals surface area contributed by atoms with Gasteiger partial charge in [0.25, 0.3) is 0 Å². The average Bonchev–Trinajstić information content (AvgIpc) is 2.69. The summed E-state index contributed by atoms with van der Waals surface area (Å²) >= 11 is 3.50. The Kier molecular flexibility index (Phi) is 5.46. The Morgan fingerprint density at radius 3 is 2.75 bits per heavy atom. The van der Waals surface area contributed by atoms with Crippen molar-refractivity contribution in [2.45, 2.75) is 31.9 Å². The molecule has 0 amide bonds. The molecule has 2 heterocycles. The Morgan fingerprint density at radius 1 is 1.18 bits per heavy atom. The second-order valence-electron chi connectivity index (χ2n) is 7.17. The minimum Gasteiger partial charge on any atom is -0.393 e. The lowest BCUT2D eigenvalue weighted by Gasteiger charge is -2.34. The van der Waals surface area contributed by atoms with Crippen molar-refractivity contribution in [3.05, 3.63) is 58.6 Å². The van der Waals surface area contributed by atoms with Crippen LogP contribution in [0.15, 0.2) is 47.2 Å². The summed E-state index contributed by atoms with van der Waals surface area (Å²) in [6, 6.07) is 10.6. The van der Waals surface area contributed by atoms with E-state index in [1.165, 1.54) is 12.4 Å². The summed E-state index contributed by atoms with van der Waals surface area (Å²) in [7, 11) is 0. The first-order chi connectivity index (χ1) is 13.5. The van der Waals surface area contributed by atoms with E-state index in [0.29, 0.717) is 5.82 Å². The molecule has 5 nitrogen and oxygen atoms in total. The third-order valence-corrected chi connectivity index (χ3v) is 5.71. The number of aliphatic hydroxyl groups is 1. The highest BCUT2D eigenvalue weighted by Crippen LogP contribution is 2.33. The molecule has 4 rings (SSSR count). The maximum Gasteiger partial charge on any atom is 0.137 e. The van der Waals surface area contributed by atoms with Gasteiger partial charge in [0, 0.05) is 34.2 Å². The fourth-order valence-corrected chi connectivity index (χ4v) is 4.05. The van der Waals surface area contributed by atoms with E-state index in [-0.39, 0.29) is 18.0 Å². The summed E-state index contributed by atoms with van der Waals surface area (Å²) in [6.07, 6.45) is 2.73. The van der Waals surface area contributed by atoms with Gasteiger partial charge in [-0.1, -0.05) is 15.9 Å². The Morgan fingerprint density at radius 2 is 1.96 bits per heavy atom. The maximum absolute atomic E-state index is 14.1. The number of hydrogen-bond donors (Lipinski definition) is 2. The molecular weight excluding hydrogens is 423 g/mol. The van der Waals surface area contributed by atoms with E-state index >= 15 is 0 Å². The lowest BCUT2D eigenvalue weighted by molar-refractivity contribution is 0.145. The van der Waals surface area contributed by atoms with Crippen LogP contribution in [0.25, 0.3) is 10.9 Å². The number of rotatable bonds is 4. The van der Waals surface area contributed by atoms with Crippen LogP contribution >= 0.6 is 15.9 Å². The van der Waals surface area contributed by atoms with Gasteiger partial charge in [0.15, 0.2) is 0 Å². The molecule has 1 aliphatic heterocycles. The lowest BCUT2D eigenvalue weighted by Crippen LogP contribution is -2.36. The molecule has 2 aromatic carbocycles. The van der Waals surface area contributed by atoms with E-state index in [2.05, 4.69) is 36.1 Å². The number of anilines is 2. The van der Waals surface area contributed by atoms with E-state index < -0.39 is 0 Å². The fraction of sp³-hybridized carbons (Fsp3) is 0.333. The summed E-state index contributed by atoms with van der Waals surface area (Å²) < 4.78 is 15.0. The molecule has 2 N–H and O–H groups in total. The van der Waals surface area contributed by atoms with Crippen molar-refractivity contribution in [2.24, 2.45) is 0 Å². The molecule has 1 atom stereocenters. The molecule has 1 aliphatic rings. The monoisotopic (exact) mass is 444 g/mol. The van der Waals surface area contributed by atoms with Gasteiger partial charge >= 0.3 is 0 Å². The number of nitrogens with one attached hydrogen (secondary N) is 1. The molecule has 7 heteroatoms. The summed E-state index contributed by atoms with van der Waals surface area (Å²) in [5.74, 6) is 0.447.